The molecule has 0 amide bonds. The fourth-order valence-electron chi connectivity index (χ4n) is 3.50. The quantitative estimate of drug-likeness (QED) is 0.278. The average molecular weight is 510 g/mol. The van der Waals surface area contributed by atoms with Crippen LogP contribution >= 0.6 is 0 Å². The molecule has 0 aliphatic rings. The highest BCUT2D eigenvalue weighted by Gasteiger charge is 2.14. The van der Waals surface area contributed by atoms with Crippen molar-refractivity contribution in [1.29, 1.82) is 0 Å². The molecule has 0 atom stereocenters. The van der Waals surface area contributed by atoms with Crippen molar-refractivity contribution in [2.75, 3.05) is 39.5 Å². The lowest BCUT2D eigenvalue weighted by Gasteiger charge is -2.23. The molecule has 0 bridgehead atoms. The van der Waals surface area contributed by atoms with Crippen molar-refractivity contribution in [3.8, 4) is 17.2 Å². The third-order valence-electron chi connectivity index (χ3n) is 5.35. The summed E-state index contributed by atoms with van der Waals surface area (Å²) >= 11 is 0. The fraction of sp³-hybridized carbons (Fsp3) is 0.222. The van der Waals surface area contributed by atoms with Crippen molar-refractivity contribution in [3.63, 3.8) is 0 Å². The molecular weight excluding hydrogens is 482 g/mol. The number of para-hydroxylation sites is 3. The summed E-state index contributed by atoms with van der Waals surface area (Å²) in [5.41, 5.74) is 0.156. The molecule has 3 aromatic carbocycles. The van der Waals surface area contributed by atoms with Crippen LogP contribution in [0.2, 0.25) is 0 Å². The van der Waals surface area contributed by atoms with Crippen LogP contribution in [-0.4, -0.2) is 77.6 Å². The largest absolute Gasteiger partial charge is 0.491 e. The Morgan fingerprint density at radius 1 is 0.514 bits per heavy atom. The molecule has 0 spiro atoms. The van der Waals surface area contributed by atoms with E-state index in [1.165, 1.54) is 18.2 Å². The molecule has 0 saturated heterocycles. The number of ether oxygens (including phenoxy) is 3. The number of carboxylic acid groups (broad SMARTS) is 3. The van der Waals surface area contributed by atoms with E-state index in [9.17, 15) is 29.7 Å². The fourth-order valence-corrected chi connectivity index (χ4v) is 3.50. The van der Waals surface area contributed by atoms with Crippen LogP contribution in [-0.2, 0) is 0 Å². The number of carbonyl (C=O) groups is 3. The standard InChI is InChI=1S/C27H27NO9/c29-25(30)19-7-1-4-10-22(19)35-16-13-28(14-17-36-23-11-5-2-8-20(23)26(31)32)15-18-37-24-12-6-3-9-21(24)27(33)34/h1-12H,13-18H2,(H,29,30)(H,31,32)(H,33,34). The Morgan fingerprint density at radius 3 is 1.05 bits per heavy atom. The number of carboxylic acids is 3. The first-order valence-electron chi connectivity index (χ1n) is 11.4. The van der Waals surface area contributed by atoms with Gasteiger partial charge in [0.15, 0.2) is 0 Å². The lowest BCUT2D eigenvalue weighted by Crippen LogP contribution is -2.35. The first-order chi connectivity index (χ1) is 17.9. The van der Waals surface area contributed by atoms with Crippen LogP contribution in [0.25, 0.3) is 0 Å². The van der Waals surface area contributed by atoms with E-state index in [4.69, 9.17) is 14.2 Å². The van der Waals surface area contributed by atoms with E-state index in [-0.39, 0.29) is 53.8 Å². The molecule has 10 nitrogen and oxygen atoms in total. The summed E-state index contributed by atoms with van der Waals surface area (Å²) in [4.78, 5) is 36.2. The summed E-state index contributed by atoms with van der Waals surface area (Å²) in [6, 6.07) is 19.0. The SMILES string of the molecule is O=C(O)c1ccccc1OCCN(CCOc1ccccc1C(=O)O)CCOc1ccccc1C(=O)O. The Kier molecular flexibility index (Phi) is 9.86. The minimum Gasteiger partial charge on any atom is -0.491 e. The van der Waals surface area contributed by atoms with Gasteiger partial charge >= 0.3 is 17.9 Å². The van der Waals surface area contributed by atoms with E-state index < -0.39 is 17.9 Å². The van der Waals surface area contributed by atoms with E-state index in [1.54, 1.807) is 54.6 Å². The van der Waals surface area contributed by atoms with Crippen molar-refractivity contribution >= 4 is 17.9 Å². The van der Waals surface area contributed by atoms with Gasteiger partial charge in [0.05, 0.1) is 0 Å². The summed E-state index contributed by atoms with van der Waals surface area (Å²) in [5.74, 6) is -2.55. The molecule has 37 heavy (non-hydrogen) atoms. The smallest absolute Gasteiger partial charge is 0.339 e. The number of aromatic carboxylic acids is 3. The van der Waals surface area contributed by atoms with E-state index in [0.29, 0.717) is 19.6 Å². The summed E-state index contributed by atoms with van der Waals surface area (Å²) < 4.78 is 17.1. The first-order valence-corrected chi connectivity index (χ1v) is 11.4. The number of nitrogens with zero attached hydrogens (tertiary/aromatic N) is 1. The second-order valence-electron chi connectivity index (χ2n) is 7.79. The minimum absolute atomic E-state index is 0.0521. The molecule has 3 aromatic rings. The Morgan fingerprint density at radius 2 is 0.784 bits per heavy atom. The van der Waals surface area contributed by atoms with Crippen molar-refractivity contribution in [2.45, 2.75) is 0 Å². The summed E-state index contributed by atoms with van der Waals surface area (Å²) in [6.45, 7) is 1.64. The van der Waals surface area contributed by atoms with Crippen LogP contribution < -0.4 is 14.2 Å². The number of benzene rings is 3. The maximum Gasteiger partial charge on any atom is 0.339 e. The number of hydrogen-bond donors (Lipinski definition) is 3. The van der Waals surface area contributed by atoms with Gasteiger partial charge in [-0.15, -0.1) is 0 Å². The zero-order chi connectivity index (χ0) is 26.6. The molecule has 3 N–H and O–H groups in total. The number of hydrogen-bond acceptors (Lipinski definition) is 7. The van der Waals surface area contributed by atoms with Crippen molar-refractivity contribution in [3.05, 3.63) is 89.5 Å². The van der Waals surface area contributed by atoms with Gasteiger partial charge in [0.25, 0.3) is 0 Å². The van der Waals surface area contributed by atoms with Crippen molar-refractivity contribution < 1.29 is 43.9 Å². The minimum atomic E-state index is -1.09. The van der Waals surface area contributed by atoms with Gasteiger partial charge in [0.2, 0.25) is 0 Å². The van der Waals surface area contributed by atoms with Crippen LogP contribution in [0.15, 0.2) is 72.8 Å². The summed E-state index contributed by atoms with van der Waals surface area (Å²) in [7, 11) is 0. The molecule has 10 heteroatoms. The molecular formula is C27H27NO9. The van der Waals surface area contributed by atoms with Crippen LogP contribution in [0.5, 0.6) is 17.2 Å². The Bertz CT molecular complexity index is 1080. The molecule has 0 heterocycles. The molecule has 0 radical (unpaired) electrons. The molecule has 194 valence electrons. The third kappa shape index (κ3) is 7.97. The van der Waals surface area contributed by atoms with Gasteiger partial charge in [-0.25, -0.2) is 14.4 Å². The van der Waals surface area contributed by atoms with Gasteiger partial charge < -0.3 is 29.5 Å². The van der Waals surface area contributed by atoms with E-state index in [1.807, 2.05) is 4.90 Å². The van der Waals surface area contributed by atoms with E-state index >= 15 is 0 Å². The van der Waals surface area contributed by atoms with Crippen LogP contribution in [0.4, 0.5) is 0 Å². The molecule has 0 aliphatic heterocycles. The van der Waals surface area contributed by atoms with Gasteiger partial charge in [-0.05, 0) is 36.4 Å². The maximum absolute atomic E-state index is 11.4. The molecule has 3 rings (SSSR count). The van der Waals surface area contributed by atoms with Crippen molar-refractivity contribution in [1.82, 2.24) is 4.90 Å². The topological polar surface area (TPSA) is 143 Å². The first kappa shape index (κ1) is 27.0. The highest BCUT2D eigenvalue weighted by Crippen LogP contribution is 2.20. The number of rotatable bonds is 15. The van der Waals surface area contributed by atoms with E-state index in [2.05, 4.69) is 0 Å². The van der Waals surface area contributed by atoms with Gasteiger partial charge in [-0.2, -0.15) is 0 Å². The summed E-state index contributed by atoms with van der Waals surface area (Å²) in [6.07, 6.45) is 0. The lowest BCUT2D eigenvalue weighted by atomic mass is 10.2. The normalized spacial score (nSPS) is 10.6. The van der Waals surface area contributed by atoms with Crippen LogP contribution in [0.1, 0.15) is 31.1 Å². The molecule has 0 aromatic heterocycles. The molecule has 0 unspecified atom stereocenters. The predicted octanol–water partition coefficient (Wildman–Crippen LogP) is 3.62. The van der Waals surface area contributed by atoms with Crippen molar-refractivity contribution in [2.24, 2.45) is 0 Å². The zero-order valence-electron chi connectivity index (χ0n) is 19.9. The Hall–Kier alpha value is -4.57. The maximum atomic E-state index is 11.4. The second kappa shape index (κ2) is 13.5. The van der Waals surface area contributed by atoms with Crippen LogP contribution in [0.3, 0.4) is 0 Å². The third-order valence-corrected chi connectivity index (χ3v) is 5.35. The van der Waals surface area contributed by atoms with Gasteiger partial charge in [-0.1, -0.05) is 36.4 Å². The van der Waals surface area contributed by atoms with Gasteiger partial charge in [0.1, 0.15) is 53.8 Å². The molecule has 0 fully saturated rings. The molecule has 0 aliphatic carbocycles. The zero-order valence-corrected chi connectivity index (χ0v) is 19.9. The second-order valence-corrected chi connectivity index (χ2v) is 7.79. The van der Waals surface area contributed by atoms with Gasteiger partial charge in [-0.3, -0.25) is 4.90 Å². The summed E-state index contributed by atoms with van der Waals surface area (Å²) in [5, 5.41) is 28.0. The predicted molar refractivity (Wildman–Crippen MR) is 133 cm³/mol. The highest BCUT2D eigenvalue weighted by molar-refractivity contribution is 5.91. The lowest BCUT2D eigenvalue weighted by molar-refractivity contribution is 0.0681. The molecule has 0 saturated carbocycles. The monoisotopic (exact) mass is 509 g/mol. The Labute approximate surface area is 213 Å². The van der Waals surface area contributed by atoms with Gasteiger partial charge in [0, 0.05) is 19.6 Å². The average Bonchev–Trinajstić information content (AvgIpc) is 2.89. The Balaban J connectivity index is 1.62. The van der Waals surface area contributed by atoms with E-state index in [0.717, 1.165) is 0 Å². The van der Waals surface area contributed by atoms with Crippen LogP contribution in [0, 0.1) is 0 Å². The highest BCUT2D eigenvalue weighted by atomic mass is 16.5.